The first-order valence-corrected chi connectivity index (χ1v) is 12.7. The fourth-order valence-corrected chi connectivity index (χ4v) is 5.79. The summed E-state index contributed by atoms with van der Waals surface area (Å²) >= 11 is 2.10. The SMILES string of the molecule is CCCCCCCCCCSC(c1ccccc1)(c1ccccc1)c1ccccc1. The van der Waals surface area contributed by atoms with Gasteiger partial charge in [0.15, 0.2) is 0 Å². The molecule has 0 saturated heterocycles. The van der Waals surface area contributed by atoms with Crippen LogP contribution in [0.15, 0.2) is 91.0 Å². The van der Waals surface area contributed by atoms with Gasteiger partial charge in [0, 0.05) is 0 Å². The molecule has 0 radical (unpaired) electrons. The van der Waals surface area contributed by atoms with Gasteiger partial charge in [-0.3, -0.25) is 0 Å². The molecular weight excluding hydrogens is 380 g/mol. The van der Waals surface area contributed by atoms with Gasteiger partial charge in [-0.05, 0) is 28.9 Å². The van der Waals surface area contributed by atoms with Crippen LogP contribution < -0.4 is 0 Å². The van der Waals surface area contributed by atoms with E-state index in [2.05, 4.69) is 110 Å². The van der Waals surface area contributed by atoms with Crippen molar-refractivity contribution >= 4 is 11.8 Å². The molecular formula is C29H36S. The third-order valence-corrected chi connectivity index (χ3v) is 7.49. The molecule has 3 rings (SSSR count). The molecule has 1 heteroatoms. The van der Waals surface area contributed by atoms with Gasteiger partial charge in [0.25, 0.3) is 0 Å². The average Bonchev–Trinajstić information content (AvgIpc) is 2.82. The summed E-state index contributed by atoms with van der Waals surface area (Å²) in [4.78, 5) is 0. The van der Waals surface area contributed by atoms with Crippen molar-refractivity contribution in [3.05, 3.63) is 108 Å². The van der Waals surface area contributed by atoms with Crippen molar-refractivity contribution in [2.75, 3.05) is 5.75 Å². The van der Waals surface area contributed by atoms with Crippen molar-refractivity contribution in [3.8, 4) is 0 Å². The Kier molecular flexibility index (Phi) is 9.57. The van der Waals surface area contributed by atoms with Gasteiger partial charge < -0.3 is 0 Å². The molecule has 3 aromatic carbocycles. The zero-order chi connectivity index (χ0) is 20.9. The summed E-state index contributed by atoms with van der Waals surface area (Å²) in [7, 11) is 0. The van der Waals surface area contributed by atoms with Crippen molar-refractivity contribution < 1.29 is 0 Å². The van der Waals surface area contributed by atoms with Gasteiger partial charge in [-0.1, -0.05) is 143 Å². The summed E-state index contributed by atoms with van der Waals surface area (Å²) in [6, 6.07) is 33.2. The first-order valence-electron chi connectivity index (χ1n) is 11.7. The monoisotopic (exact) mass is 416 g/mol. The molecule has 0 amide bonds. The second-order valence-electron chi connectivity index (χ2n) is 8.10. The molecule has 0 N–H and O–H groups in total. The fourth-order valence-electron chi connectivity index (χ4n) is 4.23. The molecule has 0 spiro atoms. The molecule has 0 nitrogen and oxygen atoms in total. The first kappa shape index (κ1) is 22.7. The van der Waals surface area contributed by atoms with Crippen molar-refractivity contribution in [1.29, 1.82) is 0 Å². The van der Waals surface area contributed by atoms with Crippen molar-refractivity contribution in [2.24, 2.45) is 0 Å². The predicted molar refractivity (Wildman–Crippen MR) is 134 cm³/mol. The van der Waals surface area contributed by atoms with E-state index in [0.717, 1.165) is 0 Å². The van der Waals surface area contributed by atoms with E-state index in [1.165, 1.54) is 73.8 Å². The fraction of sp³-hybridized carbons (Fsp3) is 0.379. The van der Waals surface area contributed by atoms with E-state index < -0.39 is 0 Å². The Labute approximate surface area is 188 Å². The van der Waals surface area contributed by atoms with Crippen LogP contribution in [-0.4, -0.2) is 5.75 Å². The smallest absolute Gasteiger partial charge is 0.0906 e. The van der Waals surface area contributed by atoms with Gasteiger partial charge in [-0.2, -0.15) is 0 Å². The number of thioether (sulfide) groups is 1. The molecule has 0 heterocycles. The highest BCUT2D eigenvalue weighted by Gasteiger charge is 2.36. The van der Waals surface area contributed by atoms with Crippen LogP contribution in [0.5, 0.6) is 0 Å². The van der Waals surface area contributed by atoms with Gasteiger partial charge in [0.2, 0.25) is 0 Å². The van der Waals surface area contributed by atoms with E-state index in [4.69, 9.17) is 0 Å². The number of hydrogen-bond acceptors (Lipinski definition) is 1. The molecule has 0 saturated carbocycles. The second-order valence-corrected chi connectivity index (χ2v) is 9.41. The van der Waals surface area contributed by atoms with Gasteiger partial charge in [-0.15, -0.1) is 11.8 Å². The molecule has 0 aliphatic carbocycles. The van der Waals surface area contributed by atoms with E-state index in [1.807, 2.05) is 0 Å². The molecule has 0 aromatic heterocycles. The van der Waals surface area contributed by atoms with E-state index in [9.17, 15) is 0 Å². The summed E-state index contributed by atoms with van der Waals surface area (Å²) in [5.41, 5.74) is 4.10. The average molecular weight is 417 g/mol. The van der Waals surface area contributed by atoms with Crippen LogP contribution in [0.4, 0.5) is 0 Å². The van der Waals surface area contributed by atoms with Gasteiger partial charge in [0.1, 0.15) is 0 Å². The zero-order valence-electron chi connectivity index (χ0n) is 18.4. The highest BCUT2D eigenvalue weighted by Crippen LogP contribution is 2.48. The summed E-state index contributed by atoms with van der Waals surface area (Å²) < 4.78 is -0.162. The molecule has 0 aliphatic heterocycles. The maximum atomic E-state index is 2.29. The van der Waals surface area contributed by atoms with Crippen LogP contribution in [0.25, 0.3) is 0 Å². The van der Waals surface area contributed by atoms with Crippen molar-refractivity contribution in [2.45, 2.75) is 63.0 Å². The van der Waals surface area contributed by atoms with Crippen molar-refractivity contribution in [1.82, 2.24) is 0 Å². The van der Waals surface area contributed by atoms with Gasteiger partial charge in [-0.25, -0.2) is 0 Å². The third-order valence-electron chi connectivity index (χ3n) is 5.86. The minimum atomic E-state index is -0.162. The van der Waals surface area contributed by atoms with E-state index in [0.29, 0.717) is 0 Å². The lowest BCUT2D eigenvalue weighted by atomic mass is 9.84. The molecule has 30 heavy (non-hydrogen) atoms. The lowest BCUT2D eigenvalue weighted by Gasteiger charge is -2.35. The van der Waals surface area contributed by atoms with Crippen LogP contribution in [0.1, 0.15) is 75.0 Å². The molecule has 0 aliphatic rings. The van der Waals surface area contributed by atoms with Crippen LogP contribution >= 0.6 is 11.8 Å². The van der Waals surface area contributed by atoms with Gasteiger partial charge in [0.05, 0.1) is 4.75 Å². The topological polar surface area (TPSA) is 0 Å². The number of hydrogen-bond donors (Lipinski definition) is 0. The molecule has 3 aromatic rings. The number of benzene rings is 3. The Hall–Kier alpha value is -1.99. The molecule has 0 unspecified atom stereocenters. The normalized spacial score (nSPS) is 11.5. The molecule has 0 fully saturated rings. The van der Waals surface area contributed by atoms with Crippen LogP contribution in [0.2, 0.25) is 0 Å². The van der Waals surface area contributed by atoms with E-state index >= 15 is 0 Å². The Bertz CT molecular complexity index is 714. The van der Waals surface area contributed by atoms with Crippen LogP contribution in [0.3, 0.4) is 0 Å². The Morgan fingerprint density at radius 2 is 0.867 bits per heavy atom. The minimum Gasteiger partial charge on any atom is -0.141 e. The summed E-state index contributed by atoms with van der Waals surface area (Å²) in [6.07, 6.45) is 10.9. The highest BCUT2D eigenvalue weighted by molar-refractivity contribution is 8.00. The zero-order valence-corrected chi connectivity index (χ0v) is 19.2. The number of unbranched alkanes of at least 4 members (excludes halogenated alkanes) is 7. The maximum Gasteiger partial charge on any atom is 0.0906 e. The Morgan fingerprint density at radius 3 is 1.27 bits per heavy atom. The van der Waals surface area contributed by atoms with Gasteiger partial charge >= 0.3 is 0 Å². The second kappa shape index (κ2) is 12.6. The largest absolute Gasteiger partial charge is 0.141 e. The van der Waals surface area contributed by atoms with Crippen LogP contribution in [0, 0.1) is 0 Å². The Balaban J connectivity index is 1.77. The Morgan fingerprint density at radius 1 is 0.500 bits per heavy atom. The predicted octanol–water partition coefficient (Wildman–Crippen LogP) is 8.85. The minimum absolute atomic E-state index is 0.162. The van der Waals surface area contributed by atoms with Crippen LogP contribution in [-0.2, 0) is 4.75 Å². The molecule has 0 bridgehead atoms. The lowest BCUT2D eigenvalue weighted by molar-refractivity contribution is 0.586. The lowest BCUT2D eigenvalue weighted by Crippen LogP contribution is -2.26. The summed E-state index contributed by atoms with van der Waals surface area (Å²) in [5, 5.41) is 0. The van der Waals surface area contributed by atoms with Crippen molar-refractivity contribution in [3.63, 3.8) is 0 Å². The maximum absolute atomic E-state index is 2.29. The highest BCUT2D eigenvalue weighted by atomic mass is 32.2. The van der Waals surface area contributed by atoms with E-state index in [1.54, 1.807) is 0 Å². The first-order chi connectivity index (χ1) is 14.9. The number of rotatable bonds is 13. The molecule has 0 atom stereocenters. The van der Waals surface area contributed by atoms with E-state index in [-0.39, 0.29) is 4.75 Å². The standard InChI is InChI=1S/C29H36S/c1-2-3-4-5-6-7-8-18-25-30-29(26-19-12-9-13-20-26,27-21-14-10-15-22-27)28-23-16-11-17-24-28/h9-17,19-24H,2-8,18,25H2,1H3. The summed E-state index contributed by atoms with van der Waals surface area (Å²) in [5.74, 6) is 1.17. The summed E-state index contributed by atoms with van der Waals surface area (Å²) in [6.45, 7) is 2.29. The quantitative estimate of drug-likeness (QED) is 0.198. The third kappa shape index (κ3) is 6.01. The molecule has 158 valence electrons.